The Labute approximate surface area is 183 Å². The minimum absolute atomic E-state index is 0.00971. The lowest BCUT2D eigenvalue weighted by atomic mass is 9.73. The zero-order valence-electron chi connectivity index (χ0n) is 18.5. The second kappa shape index (κ2) is 8.11. The zero-order chi connectivity index (χ0) is 22.3. The van der Waals surface area contributed by atoms with Gasteiger partial charge in [-0.2, -0.15) is 5.10 Å². The highest BCUT2D eigenvalue weighted by Gasteiger charge is 2.35. The minimum atomic E-state index is -3.49. The second-order valence-electron chi connectivity index (χ2n) is 8.86. The van der Waals surface area contributed by atoms with E-state index in [1.807, 2.05) is 24.4 Å². The lowest BCUT2D eigenvalue weighted by molar-refractivity contribution is 0.0867. The maximum absolute atomic E-state index is 13.7. The van der Waals surface area contributed by atoms with Crippen molar-refractivity contribution in [1.29, 1.82) is 0 Å². The lowest BCUT2D eigenvalue weighted by Crippen LogP contribution is -2.27. The van der Waals surface area contributed by atoms with Crippen LogP contribution in [0.1, 0.15) is 64.5 Å². The number of pyridine rings is 1. The fraction of sp³-hybridized carbons (Fsp3) is 0.417. The van der Waals surface area contributed by atoms with Gasteiger partial charge in [0.15, 0.2) is 5.78 Å². The van der Waals surface area contributed by atoms with Crippen molar-refractivity contribution in [2.75, 3.05) is 11.0 Å². The molecule has 7 heteroatoms. The first-order chi connectivity index (χ1) is 14.6. The number of anilines is 1. The Kier molecular flexibility index (Phi) is 5.64. The van der Waals surface area contributed by atoms with E-state index in [9.17, 15) is 13.2 Å². The third-order valence-electron chi connectivity index (χ3n) is 6.12. The van der Waals surface area contributed by atoms with E-state index in [4.69, 9.17) is 5.10 Å². The normalized spacial score (nSPS) is 19.5. The number of hydrogen-bond donors (Lipinski definition) is 1. The van der Waals surface area contributed by atoms with E-state index < -0.39 is 10.0 Å². The molecule has 1 fully saturated rings. The SMILES string of the molecule is Cc1ccc(NS(C)(=O)=O)c(C(=O)C2CCCC[C@H]2c2cc3cc(C)cc(C)n3n2)c1. The average molecular weight is 440 g/mol. The first kappa shape index (κ1) is 21.6. The van der Waals surface area contributed by atoms with Crippen molar-refractivity contribution in [2.24, 2.45) is 5.92 Å². The summed E-state index contributed by atoms with van der Waals surface area (Å²) in [4.78, 5) is 13.7. The van der Waals surface area contributed by atoms with Gasteiger partial charge in [0.1, 0.15) is 0 Å². The topological polar surface area (TPSA) is 80.5 Å². The van der Waals surface area contributed by atoms with Crippen LogP contribution in [0.2, 0.25) is 0 Å². The molecule has 0 radical (unpaired) electrons. The number of aryl methyl sites for hydroxylation is 3. The van der Waals surface area contributed by atoms with Gasteiger partial charge in [-0.1, -0.05) is 24.5 Å². The quantitative estimate of drug-likeness (QED) is 0.580. The van der Waals surface area contributed by atoms with Crippen molar-refractivity contribution in [1.82, 2.24) is 9.61 Å². The van der Waals surface area contributed by atoms with Crippen LogP contribution in [0, 0.1) is 26.7 Å². The largest absolute Gasteiger partial charge is 0.294 e. The monoisotopic (exact) mass is 439 g/mol. The first-order valence-corrected chi connectivity index (χ1v) is 12.6. The van der Waals surface area contributed by atoms with Crippen LogP contribution in [0.4, 0.5) is 5.69 Å². The molecule has 6 nitrogen and oxygen atoms in total. The summed E-state index contributed by atoms with van der Waals surface area (Å²) in [5.74, 6) is -0.209. The van der Waals surface area contributed by atoms with Gasteiger partial charge in [0.25, 0.3) is 0 Å². The van der Waals surface area contributed by atoms with E-state index in [-0.39, 0.29) is 17.6 Å². The molecule has 4 rings (SSSR count). The number of nitrogens with one attached hydrogen (secondary N) is 1. The van der Waals surface area contributed by atoms with Gasteiger partial charge in [-0.15, -0.1) is 0 Å². The van der Waals surface area contributed by atoms with Crippen LogP contribution in [0.25, 0.3) is 5.52 Å². The van der Waals surface area contributed by atoms with Gasteiger partial charge in [-0.05, 0) is 69.5 Å². The Hall–Kier alpha value is -2.67. The van der Waals surface area contributed by atoms with Crippen molar-refractivity contribution in [3.63, 3.8) is 0 Å². The smallest absolute Gasteiger partial charge is 0.229 e. The van der Waals surface area contributed by atoms with Gasteiger partial charge in [-0.3, -0.25) is 9.52 Å². The predicted molar refractivity (Wildman–Crippen MR) is 123 cm³/mol. The highest BCUT2D eigenvalue weighted by atomic mass is 32.2. The summed E-state index contributed by atoms with van der Waals surface area (Å²) in [7, 11) is -3.49. The van der Waals surface area contributed by atoms with Gasteiger partial charge >= 0.3 is 0 Å². The number of fused-ring (bicyclic) bond motifs is 1. The number of carbonyl (C=O) groups is 1. The standard InChI is InChI=1S/C24H29N3O3S/c1-15-9-10-22(26-31(4,29)30)21(13-15)24(28)20-8-6-5-7-19(20)23-14-18-12-16(2)11-17(3)27(18)25-23/h9-14,19-20,26H,5-8H2,1-4H3/t19-,20?/m1/s1. The minimum Gasteiger partial charge on any atom is -0.294 e. The van der Waals surface area contributed by atoms with Crippen molar-refractivity contribution in [3.05, 3.63) is 64.5 Å². The third-order valence-corrected chi connectivity index (χ3v) is 6.71. The molecule has 1 aliphatic rings. The molecule has 0 saturated heterocycles. The van der Waals surface area contributed by atoms with Crippen LogP contribution in [-0.2, 0) is 10.0 Å². The maximum Gasteiger partial charge on any atom is 0.229 e. The number of nitrogens with zero attached hydrogens (tertiary/aromatic N) is 2. The second-order valence-corrected chi connectivity index (χ2v) is 10.6. The van der Waals surface area contributed by atoms with Crippen LogP contribution in [-0.4, -0.2) is 30.1 Å². The molecular formula is C24H29N3O3S. The van der Waals surface area contributed by atoms with E-state index >= 15 is 0 Å². The van der Waals surface area contributed by atoms with Gasteiger partial charge in [0, 0.05) is 23.1 Å². The predicted octanol–water partition coefficient (Wildman–Crippen LogP) is 4.79. The number of hydrogen-bond acceptors (Lipinski definition) is 4. The molecule has 1 aromatic carbocycles. The molecule has 3 aromatic rings. The molecule has 1 saturated carbocycles. The molecule has 2 atom stereocenters. The van der Waals surface area contributed by atoms with Crippen LogP contribution in [0.5, 0.6) is 0 Å². The highest BCUT2D eigenvalue weighted by molar-refractivity contribution is 7.92. The van der Waals surface area contributed by atoms with Crippen LogP contribution in [0.15, 0.2) is 36.4 Å². The molecular weight excluding hydrogens is 410 g/mol. The number of sulfonamides is 1. The summed E-state index contributed by atoms with van der Waals surface area (Å²) in [6, 6.07) is 11.6. The Bertz CT molecular complexity index is 1260. The molecule has 0 amide bonds. The molecule has 0 bridgehead atoms. The number of aromatic nitrogens is 2. The first-order valence-electron chi connectivity index (χ1n) is 10.7. The van der Waals surface area contributed by atoms with Gasteiger partial charge in [0.05, 0.1) is 23.2 Å². The number of rotatable bonds is 5. The number of ketones is 1. The summed E-state index contributed by atoms with van der Waals surface area (Å²) < 4.78 is 28.2. The average Bonchev–Trinajstić information content (AvgIpc) is 3.12. The zero-order valence-corrected chi connectivity index (χ0v) is 19.3. The Morgan fingerprint density at radius 2 is 1.77 bits per heavy atom. The van der Waals surface area contributed by atoms with Gasteiger partial charge < -0.3 is 0 Å². The summed E-state index contributed by atoms with van der Waals surface area (Å²) in [5.41, 5.74) is 5.95. The summed E-state index contributed by atoms with van der Waals surface area (Å²) in [6.07, 6.45) is 4.83. The van der Waals surface area contributed by atoms with Crippen molar-refractivity contribution in [2.45, 2.75) is 52.4 Å². The van der Waals surface area contributed by atoms with Crippen molar-refractivity contribution < 1.29 is 13.2 Å². The Balaban J connectivity index is 1.74. The highest BCUT2D eigenvalue weighted by Crippen LogP contribution is 2.40. The van der Waals surface area contributed by atoms with E-state index in [1.165, 1.54) is 5.56 Å². The van der Waals surface area contributed by atoms with Crippen LogP contribution >= 0.6 is 0 Å². The van der Waals surface area contributed by atoms with Crippen LogP contribution < -0.4 is 4.72 Å². The van der Waals surface area contributed by atoms with Crippen molar-refractivity contribution in [3.8, 4) is 0 Å². The summed E-state index contributed by atoms with van der Waals surface area (Å²) >= 11 is 0. The molecule has 1 unspecified atom stereocenters. The molecule has 1 N–H and O–H groups in total. The van der Waals surface area contributed by atoms with E-state index in [2.05, 4.69) is 29.8 Å². The lowest BCUT2D eigenvalue weighted by Gasteiger charge is -2.30. The summed E-state index contributed by atoms with van der Waals surface area (Å²) in [6.45, 7) is 6.02. The summed E-state index contributed by atoms with van der Waals surface area (Å²) in [5, 5.41) is 4.86. The molecule has 164 valence electrons. The molecule has 0 spiro atoms. The van der Waals surface area contributed by atoms with E-state index in [1.54, 1.807) is 12.1 Å². The fourth-order valence-electron chi connectivity index (χ4n) is 4.80. The number of Topliss-reactive ketones (excluding diaryl/α,β-unsaturated/α-hetero) is 1. The van der Waals surface area contributed by atoms with Gasteiger partial charge in [-0.25, -0.2) is 12.9 Å². The molecule has 2 heterocycles. The van der Waals surface area contributed by atoms with Crippen LogP contribution in [0.3, 0.4) is 0 Å². The Morgan fingerprint density at radius 1 is 1.03 bits per heavy atom. The molecule has 2 aromatic heterocycles. The van der Waals surface area contributed by atoms with E-state index in [0.717, 1.165) is 54.4 Å². The number of benzene rings is 1. The fourth-order valence-corrected chi connectivity index (χ4v) is 5.37. The van der Waals surface area contributed by atoms with Gasteiger partial charge in [0.2, 0.25) is 10.0 Å². The van der Waals surface area contributed by atoms with E-state index in [0.29, 0.717) is 11.3 Å². The molecule has 31 heavy (non-hydrogen) atoms. The third kappa shape index (κ3) is 4.51. The molecule has 1 aliphatic carbocycles. The van der Waals surface area contributed by atoms with Crippen molar-refractivity contribution >= 4 is 27.0 Å². The maximum atomic E-state index is 13.7. The Morgan fingerprint density at radius 3 is 2.52 bits per heavy atom. The molecule has 0 aliphatic heterocycles. The number of carbonyl (C=O) groups excluding carboxylic acids is 1.